The van der Waals surface area contributed by atoms with Gasteiger partial charge in [-0.3, -0.25) is 14.4 Å². The van der Waals surface area contributed by atoms with Crippen molar-refractivity contribution in [3.63, 3.8) is 0 Å². The van der Waals surface area contributed by atoms with Crippen LogP contribution in [0.4, 0.5) is 4.79 Å². The molecule has 0 radical (unpaired) electrons. The van der Waals surface area contributed by atoms with Gasteiger partial charge in [0.1, 0.15) is 12.1 Å². The quantitative estimate of drug-likeness (QED) is 0.159. The number of nitrogens with one attached hydrogen (secondary N) is 4. The second-order valence-corrected chi connectivity index (χ2v) is 9.39. The van der Waals surface area contributed by atoms with Gasteiger partial charge in [-0.1, -0.05) is 79.9 Å². The van der Waals surface area contributed by atoms with Crippen molar-refractivity contribution in [1.29, 1.82) is 0 Å². The molecule has 4 amide bonds. The van der Waals surface area contributed by atoms with Gasteiger partial charge in [-0.15, -0.1) is 0 Å². The van der Waals surface area contributed by atoms with Crippen molar-refractivity contribution in [1.82, 2.24) is 21.3 Å². The van der Waals surface area contributed by atoms with Crippen LogP contribution < -0.4 is 27.0 Å². The summed E-state index contributed by atoms with van der Waals surface area (Å²) in [6.07, 6.45) is 3.85. The SMILES string of the molecule is NCCNC(=O)C(Cc1ccccc1)NC(=O)C(Cc1ccccc1)NC(=O)CCCCCCCNC(=O)O. The minimum absolute atomic E-state index is 0.231. The molecule has 2 unspecified atom stereocenters. The lowest BCUT2D eigenvalue weighted by atomic mass is 10.0. The van der Waals surface area contributed by atoms with Crippen molar-refractivity contribution in [2.75, 3.05) is 19.6 Å². The molecule has 10 heteroatoms. The number of carbonyl (C=O) groups excluding carboxylic acids is 3. The highest BCUT2D eigenvalue weighted by Gasteiger charge is 2.27. The van der Waals surface area contributed by atoms with Crippen LogP contribution in [0.2, 0.25) is 0 Å². The second kappa shape index (κ2) is 18.4. The minimum atomic E-state index is -1.02. The van der Waals surface area contributed by atoms with Gasteiger partial charge in [-0.05, 0) is 24.0 Å². The van der Waals surface area contributed by atoms with Gasteiger partial charge >= 0.3 is 6.09 Å². The average Bonchev–Trinajstić information content (AvgIpc) is 2.93. The molecule has 2 atom stereocenters. The van der Waals surface area contributed by atoms with Crippen molar-refractivity contribution in [2.24, 2.45) is 5.73 Å². The summed E-state index contributed by atoms with van der Waals surface area (Å²) in [5.41, 5.74) is 7.32. The molecule has 0 spiro atoms. The van der Waals surface area contributed by atoms with E-state index in [2.05, 4.69) is 21.3 Å². The van der Waals surface area contributed by atoms with Crippen LogP contribution in [-0.2, 0) is 27.2 Å². The maximum absolute atomic E-state index is 13.4. The molecule has 2 rings (SSSR count). The third-order valence-electron chi connectivity index (χ3n) is 6.15. The van der Waals surface area contributed by atoms with Crippen LogP contribution in [0, 0.1) is 0 Å². The number of carbonyl (C=O) groups is 4. The highest BCUT2D eigenvalue weighted by molar-refractivity contribution is 5.92. The summed E-state index contributed by atoms with van der Waals surface area (Å²) >= 11 is 0. The Morgan fingerprint density at radius 2 is 1.21 bits per heavy atom. The smallest absolute Gasteiger partial charge is 0.404 e. The Morgan fingerprint density at radius 1 is 0.667 bits per heavy atom. The Labute approximate surface area is 230 Å². The fourth-order valence-electron chi connectivity index (χ4n) is 4.11. The Kier molecular flexibility index (Phi) is 14.7. The molecule has 0 aliphatic rings. The van der Waals surface area contributed by atoms with Gasteiger partial charge in [-0.25, -0.2) is 4.79 Å². The van der Waals surface area contributed by atoms with Crippen molar-refractivity contribution in [3.8, 4) is 0 Å². The van der Waals surface area contributed by atoms with Gasteiger partial charge in [-0.2, -0.15) is 0 Å². The molecule has 0 aliphatic heterocycles. The molecule has 0 fully saturated rings. The molecule has 39 heavy (non-hydrogen) atoms. The lowest BCUT2D eigenvalue weighted by Gasteiger charge is -2.23. The van der Waals surface area contributed by atoms with Gasteiger partial charge in [0.25, 0.3) is 0 Å². The number of amides is 4. The van der Waals surface area contributed by atoms with Crippen LogP contribution in [0.15, 0.2) is 60.7 Å². The first-order valence-electron chi connectivity index (χ1n) is 13.5. The van der Waals surface area contributed by atoms with Gasteiger partial charge < -0.3 is 32.1 Å². The van der Waals surface area contributed by atoms with Crippen molar-refractivity contribution < 1.29 is 24.3 Å². The summed E-state index contributed by atoms with van der Waals surface area (Å²) in [5, 5.41) is 19.4. The number of benzene rings is 2. The van der Waals surface area contributed by atoms with E-state index in [1.807, 2.05) is 60.7 Å². The van der Waals surface area contributed by atoms with Crippen LogP contribution >= 0.6 is 0 Å². The lowest BCUT2D eigenvalue weighted by molar-refractivity contribution is -0.132. The first-order valence-corrected chi connectivity index (χ1v) is 13.5. The van der Waals surface area contributed by atoms with E-state index in [0.29, 0.717) is 25.9 Å². The van der Waals surface area contributed by atoms with Gasteiger partial charge in [0.15, 0.2) is 0 Å². The number of carboxylic acid groups (broad SMARTS) is 1. The standard InChI is InChI=1S/C29H41N5O5/c30-17-19-31-27(36)24(20-22-12-6-4-7-13-22)34-28(37)25(21-23-14-8-5-9-15-23)33-26(35)16-10-2-1-3-11-18-32-29(38)39/h4-9,12-15,24-25,32H,1-3,10-11,16-21,30H2,(H,31,36)(H,33,35)(H,34,37)(H,38,39). The predicted octanol–water partition coefficient (Wildman–Crippen LogP) is 2.12. The molecule has 0 bridgehead atoms. The summed E-state index contributed by atoms with van der Waals surface area (Å²) in [5.74, 6) is -0.992. The second-order valence-electron chi connectivity index (χ2n) is 9.39. The molecule has 0 aromatic heterocycles. The van der Waals surface area contributed by atoms with E-state index >= 15 is 0 Å². The zero-order valence-electron chi connectivity index (χ0n) is 22.4. The van der Waals surface area contributed by atoms with E-state index in [-0.39, 0.29) is 31.2 Å². The monoisotopic (exact) mass is 539 g/mol. The number of hydrogen-bond donors (Lipinski definition) is 6. The fraction of sp³-hybridized carbons (Fsp3) is 0.448. The van der Waals surface area contributed by atoms with Crippen molar-refractivity contribution in [2.45, 2.75) is 63.5 Å². The number of nitrogens with two attached hydrogens (primary N) is 1. The van der Waals surface area contributed by atoms with E-state index in [1.54, 1.807) is 0 Å². The Bertz CT molecular complexity index is 1020. The predicted molar refractivity (Wildman–Crippen MR) is 150 cm³/mol. The Morgan fingerprint density at radius 3 is 1.77 bits per heavy atom. The molecular weight excluding hydrogens is 498 g/mol. The lowest BCUT2D eigenvalue weighted by Crippen LogP contribution is -2.55. The van der Waals surface area contributed by atoms with Gasteiger partial charge in [0.2, 0.25) is 17.7 Å². The third kappa shape index (κ3) is 13.4. The first-order chi connectivity index (χ1) is 18.9. The van der Waals surface area contributed by atoms with E-state index < -0.39 is 24.1 Å². The molecule has 0 aliphatic carbocycles. The highest BCUT2D eigenvalue weighted by atomic mass is 16.4. The third-order valence-corrected chi connectivity index (χ3v) is 6.15. The largest absolute Gasteiger partial charge is 0.465 e. The van der Waals surface area contributed by atoms with Gasteiger partial charge in [0.05, 0.1) is 0 Å². The minimum Gasteiger partial charge on any atom is -0.465 e. The molecular formula is C29H41N5O5. The van der Waals surface area contributed by atoms with Gasteiger partial charge in [0, 0.05) is 38.9 Å². The summed E-state index contributed by atoms with van der Waals surface area (Å²) in [6.45, 7) is 0.992. The molecule has 212 valence electrons. The Hall–Kier alpha value is -3.92. The van der Waals surface area contributed by atoms with Crippen molar-refractivity contribution in [3.05, 3.63) is 71.8 Å². The molecule has 0 saturated heterocycles. The topological polar surface area (TPSA) is 163 Å². The van der Waals surface area contributed by atoms with Crippen molar-refractivity contribution >= 4 is 23.8 Å². The van der Waals surface area contributed by atoms with Crippen LogP contribution in [0.25, 0.3) is 0 Å². The van der Waals surface area contributed by atoms with Crippen LogP contribution in [0.3, 0.4) is 0 Å². The summed E-state index contributed by atoms with van der Waals surface area (Å²) in [7, 11) is 0. The molecule has 0 saturated carbocycles. The van der Waals surface area contributed by atoms with E-state index in [0.717, 1.165) is 36.8 Å². The van der Waals surface area contributed by atoms with Crippen LogP contribution in [-0.4, -0.2) is 60.6 Å². The maximum Gasteiger partial charge on any atom is 0.404 e. The van der Waals surface area contributed by atoms with Crippen LogP contribution in [0.5, 0.6) is 0 Å². The zero-order valence-corrected chi connectivity index (χ0v) is 22.4. The molecule has 2 aromatic carbocycles. The normalized spacial score (nSPS) is 12.1. The maximum atomic E-state index is 13.4. The zero-order chi connectivity index (χ0) is 28.3. The summed E-state index contributed by atoms with van der Waals surface area (Å²) < 4.78 is 0. The van der Waals surface area contributed by atoms with E-state index in [4.69, 9.17) is 10.8 Å². The summed E-state index contributed by atoms with van der Waals surface area (Å²) in [6, 6.07) is 17.1. The first kappa shape index (κ1) is 31.3. The number of unbranched alkanes of at least 4 members (excludes halogenated alkanes) is 4. The molecule has 10 nitrogen and oxygen atoms in total. The average molecular weight is 540 g/mol. The molecule has 2 aromatic rings. The highest BCUT2D eigenvalue weighted by Crippen LogP contribution is 2.09. The fourth-order valence-corrected chi connectivity index (χ4v) is 4.11. The Balaban J connectivity index is 1.98. The molecule has 0 heterocycles. The van der Waals surface area contributed by atoms with Crippen LogP contribution in [0.1, 0.15) is 49.7 Å². The number of rotatable bonds is 18. The molecule has 7 N–H and O–H groups in total. The van der Waals surface area contributed by atoms with E-state index in [9.17, 15) is 19.2 Å². The van der Waals surface area contributed by atoms with E-state index in [1.165, 1.54) is 0 Å². The summed E-state index contributed by atoms with van der Waals surface area (Å²) in [4.78, 5) is 49.5. The number of hydrogen-bond acceptors (Lipinski definition) is 5.